The summed E-state index contributed by atoms with van der Waals surface area (Å²) in [6.07, 6.45) is 1.66. The van der Waals surface area contributed by atoms with E-state index in [2.05, 4.69) is 80.1 Å². The minimum Gasteiger partial charge on any atom is -0.352 e. The summed E-state index contributed by atoms with van der Waals surface area (Å²) in [6.45, 7) is 5.12. The highest BCUT2D eigenvalue weighted by Gasteiger charge is 2.27. The van der Waals surface area contributed by atoms with E-state index in [4.69, 9.17) is 4.98 Å². The molecule has 5 nitrogen and oxygen atoms in total. The largest absolute Gasteiger partial charge is 0.352 e. The number of para-hydroxylation sites is 2. The predicted molar refractivity (Wildman–Crippen MR) is 141 cm³/mol. The molecule has 0 saturated carbocycles. The smallest absolute Gasteiger partial charge is 0.223 e. The van der Waals surface area contributed by atoms with Crippen molar-refractivity contribution in [1.29, 1.82) is 0 Å². The van der Waals surface area contributed by atoms with Gasteiger partial charge >= 0.3 is 0 Å². The van der Waals surface area contributed by atoms with E-state index in [9.17, 15) is 4.79 Å². The number of benzene rings is 3. The minimum absolute atomic E-state index is 0.0398. The van der Waals surface area contributed by atoms with Gasteiger partial charge in [-0.2, -0.15) is 0 Å². The summed E-state index contributed by atoms with van der Waals surface area (Å²) in [5.74, 6) is 1.18. The highest BCUT2D eigenvalue weighted by atomic mass is 79.9. The first-order valence-corrected chi connectivity index (χ1v) is 12.6. The van der Waals surface area contributed by atoms with Gasteiger partial charge in [0.1, 0.15) is 0 Å². The molecule has 6 heteroatoms. The Kier molecular flexibility index (Phi) is 6.68. The number of amides is 1. The van der Waals surface area contributed by atoms with Crippen LogP contribution in [-0.2, 0) is 17.9 Å². The van der Waals surface area contributed by atoms with Crippen LogP contribution in [0.15, 0.2) is 77.3 Å². The van der Waals surface area contributed by atoms with E-state index in [0.29, 0.717) is 6.54 Å². The molecule has 3 aromatic carbocycles. The fourth-order valence-corrected chi connectivity index (χ4v) is 5.22. The van der Waals surface area contributed by atoms with Crippen LogP contribution >= 0.6 is 15.9 Å². The van der Waals surface area contributed by atoms with E-state index in [1.807, 2.05) is 30.3 Å². The van der Waals surface area contributed by atoms with E-state index in [1.165, 1.54) is 11.1 Å². The number of carbonyl (C=O) groups excluding carboxylic acids is 1. The summed E-state index contributed by atoms with van der Waals surface area (Å²) in [4.78, 5) is 20.2. The second-order valence-corrected chi connectivity index (χ2v) is 10.0. The van der Waals surface area contributed by atoms with Gasteiger partial charge in [-0.25, -0.2) is 4.98 Å². The van der Waals surface area contributed by atoms with E-state index in [0.717, 1.165) is 59.5 Å². The van der Waals surface area contributed by atoms with Crippen LogP contribution < -0.4 is 10.2 Å². The topological polar surface area (TPSA) is 50.2 Å². The third kappa shape index (κ3) is 5.02. The maximum Gasteiger partial charge on any atom is 0.223 e. The number of hydrogen-bond donors (Lipinski definition) is 1. The first kappa shape index (κ1) is 22.7. The Hall–Kier alpha value is -3.12. The standard InChI is InChI=1S/C28H29BrN4O/c1-20-6-4-8-22(16-20)19-33-26-11-3-2-10-25(26)31-28(33)32-14-12-23(13-15-32)27(34)30-18-21-7-5-9-24(29)17-21/h2-11,16-17,23H,12-15,18-19H2,1H3,(H,30,34). The minimum atomic E-state index is 0.0398. The molecule has 34 heavy (non-hydrogen) atoms. The van der Waals surface area contributed by atoms with Gasteiger partial charge < -0.3 is 14.8 Å². The molecule has 1 amide bonds. The van der Waals surface area contributed by atoms with E-state index < -0.39 is 0 Å². The van der Waals surface area contributed by atoms with Crippen molar-refractivity contribution in [3.8, 4) is 0 Å². The molecule has 0 unspecified atom stereocenters. The number of rotatable bonds is 6. The van der Waals surface area contributed by atoms with Crippen molar-refractivity contribution < 1.29 is 4.79 Å². The lowest BCUT2D eigenvalue weighted by Crippen LogP contribution is -2.41. The number of piperidine rings is 1. The van der Waals surface area contributed by atoms with Crippen molar-refractivity contribution in [3.63, 3.8) is 0 Å². The van der Waals surface area contributed by atoms with Crippen LogP contribution in [0, 0.1) is 12.8 Å². The summed E-state index contributed by atoms with van der Waals surface area (Å²) in [7, 11) is 0. The van der Waals surface area contributed by atoms with Crippen LogP contribution in [0.1, 0.15) is 29.5 Å². The predicted octanol–water partition coefficient (Wildman–Crippen LogP) is 5.69. The number of nitrogens with one attached hydrogen (secondary N) is 1. The lowest BCUT2D eigenvalue weighted by Gasteiger charge is -2.32. The number of imidazole rings is 1. The lowest BCUT2D eigenvalue weighted by molar-refractivity contribution is -0.125. The van der Waals surface area contributed by atoms with Gasteiger partial charge in [-0.1, -0.05) is 70.0 Å². The Morgan fingerprint density at radius 1 is 1.00 bits per heavy atom. The summed E-state index contributed by atoms with van der Waals surface area (Å²) in [5.41, 5.74) is 5.79. The van der Waals surface area contributed by atoms with Gasteiger partial charge in [0.05, 0.1) is 17.6 Å². The third-order valence-electron chi connectivity index (χ3n) is 6.56. The van der Waals surface area contributed by atoms with Crippen LogP contribution in [-0.4, -0.2) is 28.5 Å². The molecule has 4 aromatic rings. The number of fused-ring (bicyclic) bond motifs is 1. The molecule has 0 aliphatic carbocycles. The number of carbonyl (C=O) groups is 1. The Morgan fingerprint density at radius 3 is 2.56 bits per heavy atom. The van der Waals surface area contributed by atoms with Crippen molar-refractivity contribution in [2.45, 2.75) is 32.9 Å². The van der Waals surface area contributed by atoms with Gasteiger partial charge in [0.15, 0.2) is 0 Å². The zero-order valence-electron chi connectivity index (χ0n) is 19.4. The molecule has 1 aliphatic heterocycles. The molecule has 0 bridgehead atoms. The van der Waals surface area contributed by atoms with Crippen molar-refractivity contribution >= 4 is 38.8 Å². The van der Waals surface area contributed by atoms with Crippen molar-refractivity contribution in [2.75, 3.05) is 18.0 Å². The SMILES string of the molecule is Cc1cccc(Cn2c(N3CCC(C(=O)NCc4cccc(Br)c4)CC3)nc3ccccc32)c1. The maximum atomic E-state index is 12.8. The van der Waals surface area contributed by atoms with E-state index >= 15 is 0 Å². The summed E-state index contributed by atoms with van der Waals surface area (Å²) >= 11 is 3.49. The molecule has 0 radical (unpaired) electrons. The Morgan fingerprint density at radius 2 is 1.76 bits per heavy atom. The van der Waals surface area contributed by atoms with Crippen LogP contribution in [0.5, 0.6) is 0 Å². The Labute approximate surface area is 208 Å². The molecule has 174 valence electrons. The average Bonchev–Trinajstić information content (AvgIpc) is 3.21. The van der Waals surface area contributed by atoms with Crippen LogP contribution in [0.3, 0.4) is 0 Å². The summed E-state index contributed by atoms with van der Waals surface area (Å²) in [5, 5.41) is 3.12. The number of nitrogens with zero attached hydrogens (tertiary/aromatic N) is 3. The number of anilines is 1. The van der Waals surface area contributed by atoms with E-state index in [1.54, 1.807) is 0 Å². The Bertz CT molecular complexity index is 1310. The molecule has 0 spiro atoms. The van der Waals surface area contributed by atoms with Gasteiger partial charge in [0, 0.05) is 30.0 Å². The van der Waals surface area contributed by atoms with Gasteiger partial charge in [-0.15, -0.1) is 0 Å². The molecule has 1 fully saturated rings. The van der Waals surface area contributed by atoms with Gasteiger partial charge in [0.25, 0.3) is 0 Å². The molecule has 0 atom stereocenters. The number of hydrogen-bond acceptors (Lipinski definition) is 3. The van der Waals surface area contributed by atoms with Crippen LogP contribution in [0.4, 0.5) is 5.95 Å². The average molecular weight is 517 g/mol. The monoisotopic (exact) mass is 516 g/mol. The molecule has 1 N–H and O–H groups in total. The maximum absolute atomic E-state index is 12.8. The number of aromatic nitrogens is 2. The molecule has 2 heterocycles. The number of aryl methyl sites for hydroxylation is 1. The molecule has 1 aliphatic rings. The van der Waals surface area contributed by atoms with Gasteiger partial charge in [-0.05, 0) is 55.2 Å². The summed E-state index contributed by atoms with van der Waals surface area (Å²) < 4.78 is 3.35. The molecular weight excluding hydrogens is 488 g/mol. The normalized spacial score (nSPS) is 14.5. The van der Waals surface area contributed by atoms with Crippen molar-refractivity contribution in [1.82, 2.24) is 14.9 Å². The van der Waals surface area contributed by atoms with Gasteiger partial charge in [0.2, 0.25) is 11.9 Å². The molecule has 5 rings (SSSR count). The zero-order valence-corrected chi connectivity index (χ0v) is 21.0. The van der Waals surface area contributed by atoms with Crippen LogP contribution in [0.2, 0.25) is 0 Å². The zero-order chi connectivity index (χ0) is 23.5. The van der Waals surface area contributed by atoms with Crippen molar-refractivity contribution in [3.05, 3.63) is 94.0 Å². The molecule has 1 aromatic heterocycles. The summed E-state index contributed by atoms with van der Waals surface area (Å²) in [6, 6.07) is 25.0. The number of halogens is 1. The van der Waals surface area contributed by atoms with E-state index in [-0.39, 0.29) is 11.8 Å². The van der Waals surface area contributed by atoms with Crippen LogP contribution in [0.25, 0.3) is 11.0 Å². The van der Waals surface area contributed by atoms with Crippen molar-refractivity contribution in [2.24, 2.45) is 5.92 Å². The highest BCUT2D eigenvalue weighted by molar-refractivity contribution is 9.10. The fraction of sp³-hybridized carbons (Fsp3) is 0.286. The first-order valence-electron chi connectivity index (χ1n) is 11.8. The quantitative estimate of drug-likeness (QED) is 0.358. The Balaban J connectivity index is 1.28. The second-order valence-electron chi connectivity index (χ2n) is 9.08. The molecular formula is C28H29BrN4O. The van der Waals surface area contributed by atoms with Gasteiger partial charge in [-0.3, -0.25) is 4.79 Å². The second kappa shape index (κ2) is 10.0. The highest BCUT2D eigenvalue weighted by Crippen LogP contribution is 2.28. The first-order chi connectivity index (χ1) is 16.6. The lowest BCUT2D eigenvalue weighted by atomic mass is 9.96. The third-order valence-corrected chi connectivity index (χ3v) is 7.06. The molecule has 1 saturated heterocycles. The fourth-order valence-electron chi connectivity index (χ4n) is 4.78.